The standard InChI is InChI=1S/C17H23NO/c1-4-13(3)16-9-8-14(5-2)11-17(16)18-12-15-7-6-10-19-15/h4,8-9,11-12,15H,5-7,10H2,1-3H3/b13-4-,18-12?. The smallest absolute Gasteiger partial charge is 0.0927 e. The van der Waals surface area contributed by atoms with Crippen molar-refractivity contribution in [1.29, 1.82) is 0 Å². The third-order valence-electron chi connectivity index (χ3n) is 3.67. The Morgan fingerprint density at radius 2 is 2.32 bits per heavy atom. The van der Waals surface area contributed by atoms with E-state index in [-0.39, 0.29) is 6.10 Å². The van der Waals surface area contributed by atoms with Gasteiger partial charge in [-0.05, 0) is 50.3 Å². The fourth-order valence-corrected chi connectivity index (χ4v) is 2.28. The Labute approximate surface area is 116 Å². The zero-order chi connectivity index (χ0) is 13.7. The second-order valence-corrected chi connectivity index (χ2v) is 5.01. The van der Waals surface area contributed by atoms with Gasteiger partial charge < -0.3 is 4.74 Å². The van der Waals surface area contributed by atoms with E-state index in [4.69, 9.17) is 4.74 Å². The molecule has 102 valence electrons. The summed E-state index contributed by atoms with van der Waals surface area (Å²) in [4.78, 5) is 4.68. The van der Waals surface area contributed by atoms with Crippen molar-refractivity contribution < 1.29 is 4.74 Å². The van der Waals surface area contributed by atoms with Gasteiger partial charge in [0.05, 0.1) is 11.8 Å². The van der Waals surface area contributed by atoms with Gasteiger partial charge in [0.15, 0.2) is 0 Å². The molecular weight excluding hydrogens is 234 g/mol. The molecule has 0 N–H and O–H groups in total. The van der Waals surface area contributed by atoms with Crippen molar-refractivity contribution in [3.63, 3.8) is 0 Å². The molecule has 2 rings (SSSR count). The highest BCUT2D eigenvalue weighted by molar-refractivity contribution is 5.78. The van der Waals surface area contributed by atoms with Crippen LogP contribution in [-0.2, 0) is 11.2 Å². The summed E-state index contributed by atoms with van der Waals surface area (Å²) in [5, 5.41) is 0. The monoisotopic (exact) mass is 257 g/mol. The van der Waals surface area contributed by atoms with E-state index in [1.807, 2.05) is 6.21 Å². The van der Waals surface area contributed by atoms with Crippen LogP contribution in [0.3, 0.4) is 0 Å². The van der Waals surface area contributed by atoms with Gasteiger partial charge in [0.1, 0.15) is 0 Å². The normalized spacial score (nSPS) is 20.4. The lowest BCUT2D eigenvalue weighted by Gasteiger charge is -2.09. The Balaban J connectivity index is 2.29. The third-order valence-corrected chi connectivity index (χ3v) is 3.67. The summed E-state index contributed by atoms with van der Waals surface area (Å²) in [5.74, 6) is 0. The Hall–Kier alpha value is -1.41. The summed E-state index contributed by atoms with van der Waals surface area (Å²) in [5.41, 5.74) is 4.87. The lowest BCUT2D eigenvalue weighted by atomic mass is 10.0. The Bertz CT molecular complexity index is 482. The van der Waals surface area contributed by atoms with Crippen LogP contribution in [0.4, 0.5) is 5.69 Å². The van der Waals surface area contributed by atoms with Crippen LogP contribution in [0.5, 0.6) is 0 Å². The average Bonchev–Trinajstić information content (AvgIpc) is 2.97. The summed E-state index contributed by atoms with van der Waals surface area (Å²) in [7, 11) is 0. The molecule has 1 fully saturated rings. The molecule has 2 heteroatoms. The molecule has 0 radical (unpaired) electrons. The number of hydrogen-bond acceptors (Lipinski definition) is 2. The van der Waals surface area contributed by atoms with Gasteiger partial charge in [-0.15, -0.1) is 0 Å². The molecule has 1 saturated heterocycles. The Kier molecular flexibility index (Phi) is 4.92. The first kappa shape index (κ1) is 14.0. The highest BCUT2D eigenvalue weighted by atomic mass is 16.5. The molecule has 1 atom stereocenters. The molecule has 0 bridgehead atoms. The van der Waals surface area contributed by atoms with E-state index in [0.717, 1.165) is 31.6 Å². The lowest BCUT2D eigenvalue weighted by Crippen LogP contribution is -2.05. The topological polar surface area (TPSA) is 21.6 Å². The molecule has 1 aliphatic heterocycles. The van der Waals surface area contributed by atoms with E-state index in [1.165, 1.54) is 16.7 Å². The van der Waals surface area contributed by atoms with E-state index in [1.54, 1.807) is 0 Å². The van der Waals surface area contributed by atoms with Crippen molar-refractivity contribution in [3.8, 4) is 0 Å². The average molecular weight is 257 g/mol. The molecule has 2 nitrogen and oxygen atoms in total. The van der Waals surface area contributed by atoms with Crippen LogP contribution in [0.25, 0.3) is 5.57 Å². The van der Waals surface area contributed by atoms with E-state index in [0.29, 0.717) is 0 Å². The number of nitrogens with zero attached hydrogens (tertiary/aromatic N) is 1. The van der Waals surface area contributed by atoms with Gasteiger partial charge >= 0.3 is 0 Å². The second kappa shape index (κ2) is 6.67. The summed E-state index contributed by atoms with van der Waals surface area (Å²) >= 11 is 0. The number of benzene rings is 1. The number of allylic oxidation sites excluding steroid dienone is 2. The maximum Gasteiger partial charge on any atom is 0.0927 e. The number of rotatable bonds is 4. The maximum atomic E-state index is 5.59. The fraction of sp³-hybridized carbons (Fsp3) is 0.471. The van der Waals surface area contributed by atoms with Gasteiger partial charge in [0.2, 0.25) is 0 Å². The SMILES string of the molecule is C/C=C(/C)c1ccc(CC)cc1N=CC1CCCO1. The van der Waals surface area contributed by atoms with Crippen LogP contribution in [0.15, 0.2) is 29.3 Å². The van der Waals surface area contributed by atoms with Gasteiger partial charge in [0, 0.05) is 18.4 Å². The Morgan fingerprint density at radius 1 is 1.47 bits per heavy atom. The van der Waals surface area contributed by atoms with Gasteiger partial charge in [0.25, 0.3) is 0 Å². The molecular formula is C17H23NO. The molecule has 19 heavy (non-hydrogen) atoms. The summed E-state index contributed by atoms with van der Waals surface area (Å²) < 4.78 is 5.59. The van der Waals surface area contributed by atoms with E-state index < -0.39 is 0 Å². The zero-order valence-corrected chi connectivity index (χ0v) is 12.1. The molecule has 1 aliphatic rings. The quantitative estimate of drug-likeness (QED) is 0.725. The summed E-state index contributed by atoms with van der Waals surface area (Å²) in [6.07, 6.45) is 7.57. The first-order chi connectivity index (χ1) is 9.24. The van der Waals surface area contributed by atoms with Crippen LogP contribution in [0.2, 0.25) is 0 Å². The van der Waals surface area contributed by atoms with Crippen LogP contribution < -0.4 is 0 Å². The van der Waals surface area contributed by atoms with Crippen LogP contribution in [0.1, 0.15) is 44.7 Å². The molecule has 1 unspecified atom stereocenters. The van der Waals surface area contributed by atoms with E-state index in [2.05, 4.69) is 50.0 Å². The van der Waals surface area contributed by atoms with Gasteiger partial charge in [-0.1, -0.05) is 25.1 Å². The van der Waals surface area contributed by atoms with Crippen molar-refractivity contribution in [3.05, 3.63) is 35.4 Å². The maximum absolute atomic E-state index is 5.59. The first-order valence-electron chi connectivity index (χ1n) is 7.16. The van der Waals surface area contributed by atoms with Gasteiger partial charge in [-0.2, -0.15) is 0 Å². The molecule has 1 aromatic rings. The van der Waals surface area contributed by atoms with Gasteiger partial charge in [-0.3, -0.25) is 4.99 Å². The zero-order valence-electron chi connectivity index (χ0n) is 12.1. The molecule has 1 heterocycles. The van der Waals surface area contributed by atoms with E-state index in [9.17, 15) is 0 Å². The fourth-order valence-electron chi connectivity index (χ4n) is 2.28. The van der Waals surface area contributed by atoms with Crippen LogP contribution in [-0.4, -0.2) is 18.9 Å². The minimum absolute atomic E-state index is 0.198. The molecule has 0 aromatic heterocycles. The van der Waals surface area contributed by atoms with Crippen LogP contribution in [0, 0.1) is 0 Å². The minimum Gasteiger partial charge on any atom is -0.373 e. The summed E-state index contributed by atoms with van der Waals surface area (Å²) in [6, 6.07) is 6.55. The molecule has 0 saturated carbocycles. The van der Waals surface area contributed by atoms with Crippen molar-refractivity contribution in [2.24, 2.45) is 4.99 Å². The number of aryl methyl sites for hydroxylation is 1. The largest absolute Gasteiger partial charge is 0.373 e. The highest BCUT2D eigenvalue weighted by Gasteiger charge is 2.13. The molecule has 0 aliphatic carbocycles. The number of ether oxygens (including phenoxy) is 1. The number of aliphatic imine (C=N–C) groups is 1. The second-order valence-electron chi connectivity index (χ2n) is 5.01. The van der Waals surface area contributed by atoms with Crippen molar-refractivity contribution in [2.45, 2.75) is 46.1 Å². The predicted molar refractivity (Wildman–Crippen MR) is 82.3 cm³/mol. The number of hydrogen-bond donors (Lipinski definition) is 0. The Morgan fingerprint density at radius 3 is 2.95 bits per heavy atom. The van der Waals surface area contributed by atoms with Crippen molar-refractivity contribution >= 4 is 17.5 Å². The first-order valence-corrected chi connectivity index (χ1v) is 7.16. The van der Waals surface area contributed by atoms with Crippen molar-refractivity contribution in [2.75, 3.05) is 6.61 Å². The van der Waals surface area contributed by atoms with E-state index >= 15 is 0 Å². The molecule has 0 spiro atoms. The predicted octanol–water partition coefficient (Wildman–Crippen LogP) is 4.55. The van der Waals surface area contributed by atoms with Crippen molar-refractivity contribution in [1.82, 2.24) is 0 Å². The highest BCUT2D eigenvalue weighted by Crippen LogP contribution is 2.28. The van der Waals surface area contributed by atoms with Crippen LogP contribution >= 0.6 is 0 Å². The minimum atomic E-state index is 0.198. The van der Waals surface area contributed by atoms with Gasteiger partial charge in [-0.25, -0.2) is 0 Å². The molecule has 0 amide bonds. The molecule has 1 aromatic carbocycles. The lowest BCUT2D eigenvalue weighted by molar-refractivity contribution is 0.162. The third kappa shape index (κ3) is 3.54. The summed E-state index contributed by atoms with van der Waals surface area (Å²) in [6.45, 7) is 7.24.